The molecule has 0 radical (unpaired) electrons. The summed E-state index contributed by atoms with van der Waals surface area (Å²) in [6, 6.07) is -0.440. The monoisotopic (exact) mass is 274 g/mol. The molecular formula is C12H22N2O3S. The fourth-order valence-electron chi connectivity index (χ4n) is 2.12. The molecule has 0 aromatic carbocycles. The van der Waals surface area contributed by atoms with E-state index in [0.717, 1.165) is 0 Å². The van der Waals surface area contributed by atoms with Gasteiger partial charge in [0.15, 0.2) is 0 Å². The van der Waals surface area contributed by atoms with Gasteiger partial charge in [0.1, 0.15) is 17.4 Å². The lowest BCUT2D eigenvalue weighted by atomic mass is 10.1. The maximum absolute atomic E-state index is 12.2. The number of hydrogen-bond acceptors (Lipinski definition) is 4. The molecule has 1 aliphatic rings. The number of thiocarbonyl (C=S) groups is 1. The van der Waals surface area contributed by atoms with Gasteiger partial charge in [-0.05, 0) is 41.5 Å². The molecule has 104 valence electrons. The van der Waals surface area contributed by atoms with E-state index < -0.39 is 23.5 Å². The molecule has 1 heterocycles. The maximum Gasteiger partial charge on any atom is 0.413 e. The second kappa shape index (κ2) is 4.66. The average molecular weight is 274 g/mol. The first kappa shape index (κ1) is 15.2. The Labute approximate surface area is 114 Å². The number of ether oxygens (including phenoxy) is 2. The van der Waals surface area contributed by atoms with Crippen LogP contribution in [0.5, 0.6) is 0 Å². The number of nitrogens with two attached hydrogens (primary N) is 1. The van der Waals surface area contributed by atoms with Gasteiger partial charge < -0.3 is 15.2 Å². The molecule has 2 atom stereocenters. The van der Waals surface area contributed by atoms with Crippen molar-refractivity contribution < 1.29 is 14.3 Å². The number of carbonyl (C=O) groups is 1. The molecule has 0 unspecified atom stereocenters. The molecule has 0 aromatic rings. The van der Waals surface area contributed by atoms with Crippen molar-refractivity contribution in [2.24, 2.45) is 5.73 Å². The Morgan fingerprint density at radius 2 is 1.94 bits per heavy atom. The highest BCUT2D eigenvalue weighted by atomic mass is 32.1. The van der Waals surface area contributed by atoms with E-state index >= 15 is 0 Å². The first-order chi connectivity index (χ1) is 7.96. The zero-order chi connectivity index (χ0) is 14.3. The molecule has 1 rings (SSSR count). The molecule has 1 saturated heterocycles. The van der Waals surface area contributed by atoms with Crippen molar-refractivity contribution in [3.8, 4) is 0 Å². The van der Waals surface area contributed by atoms with Gasteiger partial charge in [-0.25, -0.2) is 4.79 Å². The van der Waals surface area contributed by atoms with Crippen molar-refractivity contribution in [1.29, 1.82) is 0 Å². The van der Waals surface area contributed by atoms with Crippen LogP contribution in [0.2, 0.25) is 0 Å². The largest absolute Gasteiger partial charge is 0.444 e. The predicted octanol–water partition coefficient (Wildman–Crippen LogP) is 2.03. The van der Waals surface area contributed by atoms with E-state index in [1.807, 2.05) is 27.7 Å². The summed E-state index contributed by atoms with van der Waals surface area (Å²) < 4.78 is 11.1. The molecule has 0 bridgehead atoms. The molecule has 1 amide bonds. The van der Waals surface area contributed by atoms with Gasteiger partial charge >= 0.3 is 6.09 Å². The lowest BCUT2D eigenvalue weighted by Gasteiger charge is -2.34. The maximum atomic E-state index is 12.2. The number of carbonyl (C=O) groups excluding carboxylic acids is 1. The van der Waals surface area contributed by atoms with E-state index in [-0.39, 0.29) is 11.1 Å². The molecule has 18 heavy (non-hydrogen) atoms. The molecule has 0 aromatic heterocycles. The van der Waals surface area contributed by atoms with Gasteiger partial charge in [-0.15, -0.1) is 0 Å². The third-order valence-electron chi connectivity index (χ3n) is 2.66. The van der Waals surface area contributed by atoms with E-state index in [1.165, 1.54) is 4.90 Å². The summed E-state index contributed by atoms with van der Waals surface area (Å²) in [5.41, 5.74) is 4.35. The summed E-state index contributed by atoms with van der Waals surface area (Å²) in [5.74, 6) is 0. The third kappa shape index (κ3) is 3.11. The molecule has 6 heteroatoms. The molecule has 0 saturated carbocycles. The van der Waals surface area contributed by atoms with Crippen LogP contribution in [-0.2, 0) is 9.47 Å². The van der Waals surface area contributed by atoms with Crippen LogP contribution >= 0.6 is 12.2 Å². The highest BCUT2D eigenvalue weighted by molar-refractivity contribution is 7.80. The Morgan fingerprint density at radius 1 is 1.44 bits per heavy atom. The van der Waals surface area contributed by atoms with E-state index in [0.29, 0.717) is 0 Å². The highest BCUT2D eigenvalue weighted by Crippen LogP contribution is 2.33. The standard InChI is InChI=1S/C12H22N2O3S/c1-7-8(9(13)18)14(12(5,6)16-7)10(15)17-11(2,3)4/h7-8H,1-6H3,(H2,13,18)/t7-,8+/m1/s1. The van der Waals surface area contributed by atoms with E-state index in [2.05, 4.69) is 0 Å². The van der Waals surface area contributed by atoms with Crippen LogP contribution in [0.1, 0.15) is 41.5 Å². The molecule has 1 fully saturated rings. The zero-order valence-corrected chi connectivity index (χ0v) is 12.6. The number of nitrogens with zero attached hydrogens (tertiary/aromatic N) is 1. The normalized spacial score (nSPS) is 27.1. The van der Waals surface area contributed by atoms with Gasteiger partial charge in [0.25, 0.3) is 0 Å². The first-order valence-corrected chi connectivity index (χ1v) is 6.36. The first-order valence-electron chi connectivity index (χ1n) is 5.95. The Balaban J connectivity index is 3.01. The summed E-state index contributed by atoms with van der Waals surface area (Å²) in [5, 5.41) is 0. The molecule has 2 N–H and O–H groups in total. The second-order valence-corrected chi connectivity index (χ2v) is 6.44. The van der Waals surface area contributed by atoms with E-state index in [1.54, 1.807) is 13.8 Å². The van der Waals surface area contributed by atoms with Gasteiger partial charge in [0, 0.05) is 0 Å². The molecule has 5 nitrogen and oxygen atoms in total. The van der Waals surface area contributed by atoms with Crippen molar-refractivity contribution in [1.82, 2.24) is 4.90 Å². The fraction of sp³-hybridized carbons (Fsp3) is 0.833. The van der Waals surface area contributed by atoms with Gasteiger partial charge in [-0.1, -0.05) is 12.2 Å². The van der Waals surface area contributed by atoms with Gasteiger partial charge in [0.05, 0.1) is 11.1 Å². The Bertz CT molecular complexity index is 363. The van der Waals surface area contributed by atoms with Crippen molar-refractivity contribution in [2.45, 2.75) is 65.0 Å². The summed E-state index contributed by atoms with van der Waals surface area (Å²) in [6.45, 7) is 10.9. The number of amides is 1. The second-order valence-electron chi connectivity index (χ2n) is 5.97. The van der Waals surface area contributed by atoms with Gasteiger partial charge in [0.2, 0.25) is 0 Å². The average Bonchev–Trinajstić information content (AvgIpc) is 2.31. The van der Waals surface area contributed by atoms with Gasteiger partial charge in [-0.3, -0.25) is 4.90 Å². The predicted molar refractivity (Wildman–Crippen MR) is 73.3 cm³/mol. The van der Waals surface area contributed by atoms with Crippen molar-refractivity contribution >= 4 is 23.3 Å². The minimum absolute atomic E-state index is 0.235. The van der Waals surface area contributed by atoms with E-state index in [9.17, 15) is 4.79 Å². The topological polar surface area (TPSA) is 64.8 Å². The Kier molecular flexibility index (Phi) is 3.93. The zero-order valence-electron chi connectivity index (χ0n) is 11.8. The summed E-state index contributed by atoms with van der Waals surface area (Å²) in [4.78, 5) is 14.0. The summed E-state index contributed by atoms with van der Waals surface area (Å²) in [6.07, 6.45) is -0.709. The fourth-order valence-corrected chi connectivity index (χ4v) is 2.42. The molecular weight excluding hydrogens is 252 g/mol. The van der Waals surface area contributed by atoms with Crippen LogP contribution in [0.3, 0.4) is 0 Å². The lowest BCUT2D eigenvalue weighted by molar-refractivity contribution is -0.0750. The summed E-state index contributed by atoms with van der Waals surface area (Å²) >= 11 is 5.02. The van der Waals surface area contributed by atoms with Crippen molar-refractivity contribution in [2.75, 3.05) is 0 Å². The van der Waals surface area contributed by atoms with E-state index in [4.69, 9.17) is 27.4 Å². The van der Waals surface area contributed by atoms with Crippen LogP contribution in [0.15, 0.2) is 0 Å². The lowest BCUT2D eigenvalue weighted by Crippen LogP contribution is -2.54. The van der Waals surface area contributed by atoms with Crippen molar-refractivity contribution in [3.05, 3.63) is 0 Å². The van der Waals surface area contributed by atoms with Gasteiger partial charge in [-0.2, -0.15) is 0 Å². The minimum atomic E-state index is -0.782. The minimum Gasteiger partial charge on any atom is -0.444 e. The molecule has 0 aliphatic carbocycles. The van der Waals surface area contributed by atoms with Crippen LogP contribution in [0, 0.1) is 0 Å². The highest BCUT2D eigenvalue weighted by Gasteiger charge is 2.50. The summed E-state index contributed by atoms with van der Waals surface area (Å²) in [7, 11) is 0. The smallest absolute Gasteiger partial charge is 0.413 e. The molecule has 1 aliphatic heterocycles. The Hall–Kier alpha value is -0.880. The SMILES string of the molecule is C[C@H]1OC(C)(C)N(C(=O)OC(C)(C)C)[C@@H]1C(N)=S. The number of hydrogen-bond donors (Lipinski definition) is 1. The quantitative estimate of drug-likeness (QED) is 0.741. The molecule has 0 spiro atoms. The third-order valence-corrected chi connectivity index (χ3v) is 2.90. The van der Waals surface area contributed by atoms with Crippen LogP contribution in [0.4, 0.5) is 4.79 Å². The van der Waals surface area contributed by atoms with Crippen LogP contribution in [-0.4, -0.2) is 39.5 Å². The van der Waals surface area contributed by atoms with Crippen LogP contribution < -0.4 is 5.73 Å². The number of rotatable bonds is 1. The van der Waals surface area contributed by atoms with Crippen LogP contribution in [0.25, 0.3) is 0 Å². The van der Waals surface area contributed by atoms with Crippen molar-refractivity contribution in [3.63, 3.8) is 0 Å². The Morgan fingerprint density at radius 3 is 2.33 bits per heavy atom.